The maximum atomic E-state index is 13.7. The van der Waals surface area contributed by atoms with Gasteiger partial charge in [-0.25, -0.2) is 9.50 Å². The van der Waals surface area contributed by atoms with Crippen molar-refractivity contribution in [3.05, 3.63) is 47.8 Å². The number of nitrogens with zero attached hydrogens (tertiary/aromatic N) is 4. The Morgan fingerprint density at radius 2 is 1.73 bits per heavy atom. The third-order valence-corrected chi connectivity index (χ3v) is 6.43. The number of fused-ring (bicyclic) bond motifs is 1. The van der Waals surface area contributed by atoms with Crippen LogP contribution >= 0.6 is 0 Å². The van der Waals surface area contributed by atoms with E-state index >= 15 is 0 Å². The van der Waals surface area contributed by atoms with Gasteiger partial charge in [0.2, 0.25) is 0 Å². The van der Waals surface area contributed by atoms with E-state index in [1.165, 1.54) is 0 Å². The van der Waals surface area contributed by atoms with E-state index in [0.29, 0.717) is 50.5 Å². The van der Waals surface area contributed by atoms with Gasteiger partial charge in [0.15, 0.2) is 11.4 Å². The van der Waals surface area contributed by atoms with E-state index in [-0.39, 0.29) is 11.3 Å². The molecule has 0 aliphatic carbocycles. The number of carbonyl (C=O) groups is 1. The van der Waals surface area contributed by atoms with Crippen LogP contribution in [0.15, 0.2) is 36.4 Å². The molecular formula is C25H30N4O4. The first-order valence-corrected chi connectivity index (χ1v) is 11.4. The van der Waals surface area contributed by atoms with Gasteiger partial charge in [0.1, 0.15) is 11.4 Å². The van der Waals surface area contributed by atoms with Crippen molar-refractivity contribution >= 4 is 11.6 Å². The van der Waals surface area contributed by atoms with Gasteiger partial charge in [-0.1, -0.05) is 20.8 Å². The number of carbonyl (C=O) groups excluding carboxylic acids is 1. The summed E-state index contributed by atoms with van der Waals surface area (Å²) in [7, 11) is 1.64. The molecule has 0 bridgehead atoms. The van der Waals surface area contributed by atoms with E-state index in [1.54, 1.807) is 11.6 Å². The zero-order valence-electron chi connectivity index (χ0n) is 19.6. The lowest BCUT2D eigenvalue weighted by Crippen LogP contribution is -2.47. The standard InChI is InChI=1S/C25H30N4O4/c1-24(2,3)21-16-22-26-19(17-5-7-18(31-4)8-6-17)15-20(29(22)27-21)23(30)28-11-9-25(10-12-28)32-13-14-33-25/h5-8,15-16H,9-14H2,1-4H3. The average Bonchev–Trinajstić information content (AvgIpc) is 3.46. The summed E-state index contributed by atoms with van der Waals surface area (Å²) in [4.78, 5) is 20.4. The largest absolute Gasteiger partial charge is 0.497 e. The second-order valence-corrected chi connectivity index (χ2v) is 9.70. The van der Waals surface area contributed by atoms with Crippen molar-refractivity contribution in [2.45, 2.75) is 44.8 Å². The Hall–Kier alpha value is -2.97. The third kappa shape index (κ3) is 4.09. The maximum absolute atomic E-state index is 13.7. The van der Waals surface area contributed by atoms with Gasteiger partial charge in [0, 0.05) is 43.0 Å². The van der Waals surface area contributed by atoms with Crippen LogP contribution in [-0.4, -0.2) is 64.6 Å². The predicted octanol–water partition coefficient (Wildman–Crippen LogP) is 3.68. The first-order valence-electron chi connectivity index (χ1n) is 11.4. The van der Waals surface area contributed by atoms with Crippen molar-refractivity contribution in [1.29, 1.82) is 0 Å². The van der Waals surface area contributed by atoms with Gasteiger partial charge in [-0.2, -0.15) is 5.10 Å². The summed E-state index contributed by atoms with van der Waals surface area (Å²) in [6.07, 6.45) is 1.34. The van der Waals surface area contributed by atoms with E-state index in [0.717, 1.165) is 22.7 Å². The molecule has 2 saturated heterocycles. The van der Waals surface area contributed by atoms with Gasteiger partial charge in [0.25, 0.3) is 5.91 Å². The van der Waals surface area contributed by atoms with E-state index in [4.69, 9.17) is 24.3 Å². The molecule has 0 radical (unpaired) electrons. The Bertz CT molecular complexity index is 1160. The Labute approximate surface area is 193 Å². The molecule has 1 aromatic carbocycles. The molecule has 8 nitrogen and oxygen atoms in total. The molecule has 4 heterocycles. The molecule has 174 valence electrons. The number of aromatic nitrogens is 3. The molecule has 2 fully saturated rings. The maximum Gasteiger partial charge on any atom is 0.272 e. The van der Waals surface area contributed by atoms with Crippen molar-refractivity contribution < 1.29 is 19.0 Å². The quantitative estimate of drug-likeness (QED) is 0.606. The van der Waals surface area contributed by atoms with Crippen molar-refractivity contribution in [2.24, 2.45) is 0 Å². The monoisotopic (exact) mass is 450 g/mol. The molecule has 1 spiro atoms. The van der Waals surface area contributed by atoms with Crippen molar-refractivity contribution in [3.8, 4) is 17.0 Å². The predicted molar refractivity (Wildman–Crippen MR) is 123 cm³/mol. The number of piperidine rings is 1. The first kappa shape index (κ1) is 21.9. The number of benzene rings is 1. The van der Waals surface area contributed by atoms with Crippen LogP contribution in [0.3, 0.4) is 0 Å². The number of ether oxygens (including phenoxy) is 3. The summed E-state index contributed by atoms with van der Waals surface area (Å²) >= 11 is 0. The summed E-state index contributed by atoms with van der Waals surface area (Å²) in [6, 6.07) is 11.5. The molecule has 0 N–H and O–H groups in total. The van der Waals surface area contributed by atoms with Crippen LogP contribution in [0.25, 0.3) is 16.9 Å². The van der Waals surface area contributed by atoms with E-state index in [1.807, 2.05) is 41.3 Å². The lowest BCUT2D eigenvalue weighted by molar-refractivity contribution is -0.181. The van der Waals surface area contributed by atoms with Crippen LogP contribution < -0.4 is 4.74 Å². The first-order chi connectivity index (χ1) is 15.8. The molecule has 2 aromatic heterocycles. The molecule has 33 heavy (non-hydrogen) atoms. The molecule has 0 atom stereocenters. The number of hydrogen-bond acceptors (Lipinski definition) is 6. The zero-order chi connectivity index (χ0) is 23.2. The molecular weight excluding hydrogens is 420 g/mol. The average molecular weight is 451 g/mol. The molecule has 1 amide bonds. The van der Waals surface area contributed by atoms with Crippen molar-refractivity contribution in [1.82, 2.24) is 19.5 Å². The summed E-state index contributed by atoms with van der Waals surface area (Å²) in [5.41, 5.74) is 3.53. The Balaban J connectivity index is 1.53. The second kappa shape index (κ2) is 8.11. The summed E-state index contributed by atoms with van der Waals surface area (Å²) in [6.45, 7) is 8.70. The summed E-state index contributed by atoms with van der Waals surface area (Å²) in [5, 5.41) is 4.77. The third-order valence-electron chi connectivity index (χ3n) is 6.43. The molecule has 0 unspecified atom stereocenters. The number of rotatable bonds is 3. The highest BCUT2D eigenvalue weighted by atomic mass is 16.7. The lowest BCUT2D eigenvalue weighted by atomic mass is 9.93. The Morgan fingerprint density at radius 3 is 2.33 bits per heavy atom. The Morgan fingerprint density at radius 1 is 1.06 bits per heavy atom. The normalized spacial score (nSPS) is 18.2. The fraction of sp³-hybridized carbons (Fsp3) is 0.480. The minimum Gasteiger partial charge on any atom is -0.497 e. The number of likely N-dealkylation sites (tertiary alicyclic amines) is 1. The van der Waals surface area contributed by atoms with Gasteiger partial charge in [0.05, 0.1) is 31.7 Å². The molecule has 2 aliphatic rings. The fourth-order valence-corrected chi connectivity index (χ4v) is 4.40. The van der Waals surface area contributed by atoms with E-state index < -0.39 is 5.79 Å². The van der Waals surface area contributed by atoms with Crippen LogP contribution in [0.4, 0.5) is 0 Å². The van der Waals surface area contributed by atoms with Crippen LogP contribution in [-0.2, 0) is 14.9 Å². The van der Waals surface area contributed by atoms with Gasteiger partial charge in [-0.3, -0.25) is 4.79 Å². The number of hydrogen-bond donors (Lipinski definition) is 0. The fourth-order valence-electron chi connectivity index (χ4n) is 4.40. The zero-order valence-corrected chi connectivity index (χ0v) is 19.6. The number of amides is 1. The van der Waals surface area contributed by atoms with Gasteiger partial charge < -0.3 is 19.1 Å². The van der Waals surface area contributed by atoms with Crippen molar-refractivity contribution in [3.63, 3.8) is 0 Å². The van der Waals surface area contributed by atoms with E-state index in [9.17, 15) is 4.79 Å². The smallest absolute Gasteiger partial charge is 0.272 e. The van der Waals surface area contributed by atoms with Crippen LogP contribution in [0.1, 0.15) is 49.8 Å². The highest BCUT2D eigenvalue weighted by molar-refractivity contribution is 5.94. The van der Waals surface area contributed by atoms with Crippen LogP contribution in [0.5, 0.6) is 5.75 Å². The van der Waals surface area contributed by atoms with Gasteiger partial charge in [-0.05, 0) is 30.3 Å². The topological polar surface area (TPSA) is 78.2 Å². The molecule has 0 saturated carbocycles. The van der Waals surface area contributed by atoms with Gasteiger partial charge >= 0.3 is 0 Å². The molecule has 8 heteroatoms. The minimum atomic E-state index is -0.524. The lowest BCUT2D eigenvalue weighted by Gasteiger charge is -2.37. The van der Waals surface area contributed by atoms with Crippen LogP contribution in [0, 0.1) is 0 Å². The number of methoxy groups -OCH3 is 1. The highest BCUT2D eigenvalue weighted by Gasteiger charge is 2.41. The van der Waals surface area contributed by atoms with Crippen LogP contribution in [0.2, 0.25) is 0 Å². The summed E-state index contributed by atoms with van der Waals surface area (Å²) < 4.78 is 18.6. The van der Waals surface area contributed by atoms with Crippen molar-refractivity contribution in [2.75, 3.05) is 33.4 Å². The Kier molecular flexibility index (Phi) is 5.37. The molecule has 2 aliphatic heterocycles. The van der Waals surface area contributed by atoms with E-state index in [2.05, 4.69) is 20.8 Å². The van der Waals surface area contributed by atoms with Gasteiger partial charge in [-0.15, -0.1) is 0 Å². The highest BCUT2D eigenvalue weighted by Crippen LogP contribution is 2.32. The summed E-state index contributed by atoms with van der Waals surface area (Å²) in [5.74, 6) is 0.187. The molecule has 5 rings (SSSR count). The SMILES string of the molecule is COc1ccc(-c2cc(C(=O)N3CCC4(CC3)OCCO4)n3nc(C(C)(C)C)cc3n2)cc1. The minimum absolute atomic E-state index is 0.0615. The second-order valence-electron chi connectivity index (χ2n) is 9.70. The molecule has 3 aromatic rings.